The number of anilines is 1. The molecule has 20 heavy (non-hydrogen) atoms. The minimum Gasteiger partial charge on any atom is -0.384 e. The molecule has 0 bridgehead atoms. The molecule has 0 saturated heterocycles. The summed E-state index contributed by atoms with van der Waals surface area (Å²) in [5.41, 5.74) is 3.35. The average molecular weight is 274 g/mol. The van der Waals surface area contributed by atoms with Crippen molar-refractivity contribution in [2.45, 2.75) is 46.5 Å². The Bertz CT molecular complexity index is 627. The van der Waals surface area contributed by atoms with E-state index in [0.717, 1.165) is 35.2 Å². The molecule has 2 rings (SSSR count). The molecule has 0 aliphatic rings. The van der Waals surface area contributed by atoms with Gasteiger partial charge in [0.25, 0.3) is 0 Å². The van der Waals surface area contributed by atoms with E-state index in [-0.39, 0.29) is 11.2 Å². The first-order chi connectivity index (χ1) is 9.34. The number of halogens is 1. The minimum absolute atomic E-state index is 0.0599. The Balaban J connectivity index is 2.71. The number of fused-ring (bicyclic) bond motifs is 1. The van der Waals surface area contributed by atoms with Crippen LogP contribution in [0.5, 0.6) is 0 Å². The third-order valence-electron chi connectivity index (χ3n) is 3.50. The van der Waals surface area contributed by atoms with Gasteiger partial charge in [0.2, 0.25) is 0 Å². The molecule has 108 valence electrons. The predicted octanol–water partition coefficient (Wildman–Crippen LogP) is 4.80. The fraction of sp³-hybridized carbons (Fsp3) is 0.471. The molecule has 0 spiro atoms. The van der Waals surface area contributed by atoms with E-state index in [1.54, 1.807) is 6.92 Å². The maximum Gasteiger partial charge on any atom is 0.128 e. The summed E-state index contributed by atoms with van der Waals surface area (Å²) in [6.45, 7) is 11.2. The lowest BCUT2D eigenvalue weighted by atomic mass is 9.90. The average Bonchev–Trinajstić information content (AvgIpc) is 2.39. The minimum atomic E-state index is -0.197. The first-order valence-corrected chi connectivity index (χ1v) is 7.18. The van der Waals surface area contributed by atoms with Gasteiger partial charge in [-0.2, -0.15) is 0 Å². The molecule has 1 aromatic carbocycles. The van der Waals surface area contributed by atoms with E-state index in [4.69, 9.17) is 4.98 Å². The number of rotatable bonds is 3. The van der Waals surface area contributed by atoms with Gasteiger partial charge in [-0.3, -0.25) is 4.98 Å². The topological polar surface area (TPSA) is 24.9 Å². The highest BCUT2D eigenvalue weighted by molar-refractivity contribution is 5.93. The Morgan fingerprint density at radius 3 is 2.55 bits per heavy atom. The number of aryl methyl sites for hydroxylation is 1. The molecule has 0 aliphatic heterocycles. The first kappa shape index (κ1) is 14.8. The number of pyridine rings is 1. The molecule has 0 atom stereocenters. The molecule has 0 saturated carbocycles. The standard InChI is InChI=1S/C17H23FN2/c1-6-9-19-14-10-15(17(3,4)5)20-16-11(2)13(18)8-7-12(14)16/h7-8,10H,6,9H2,1-5H3,(H,19,20). The van der Waals surface area contributed by atoms with Crippen LogP contribution in [0.3, 0.4) is 0 Å². The van der Waals surface area contributed by atoms with Crippen LogP contribution >= 0.6 is 0 Å². The number of hydrogen-bond acceptors (Lipinski definition) is 2. The maximum absolute atomic E-state index is 13.8. The molecule has 1 aromatic heterocycles. The van der Waals surface area contributed by atoms with Crippen molar-refractivity contribution in [2.24, 2.45) is 0 Å². The molecule has 0 radical (unpaired) electrons. The molecule has 2 aromatic rings. The summed E-state index contributed by atoms with van der Waals surface area (Å²) in [6.07, 6.45) is 1.05. The summed E-state index contributed by atoms with van der Waals surface area (Å²) >= 11 is 0. The number of nitrogens with zero attached hydrogens (tertiary/aromatic N) is 1. The Hall–Kier alpha value is -1.64. The van der Waals surface area contributed by atoms with Crippen molar-refractivity contribution in [1.82, 2.24) is 4.98 Å². The zero-order chi connectivity index (χ0) is 14.9. The number of aromatic nitrogens is 1. The van der Waals surface area contributed by atoms with Crippen LogP contribution < -0.4 is 5.32 Å². The van der Waals surface area contributed by atoms with Crippen LogP contribution in [0, 0.1) is 12.7 Å². The molecule has 2 nitrogen and oxygen atoms in total. The van der Waals surface area contributed by atoms with E-state index >= 15 is 0 Å². The van der Waals surface area contributed by atoms with E-state index in [1.807, 2.05) is 6.07 Å². The van der Waals surface area contributed by atoms with Crippen LogP contribution in [0.2, 0.25) is 0 Å². The molecular weight excluding hydrogens is 251 g/mol. The van der Waals surface area contributed by atoms with Gasteiger partial charge in [-0.15, -0.1) is 0 Å². The quantitative estimate of drug-likeness (QED) is 0.869. The normalized spacial score (nSPS) is 11.9. The lowest BCUT2D eigenvalue weighted by molar-refractivity contribution is 0.571. The van der Waals surface area contributed by atoms with E-state index in [2.05, 4.69) is 39.1 Å². The Morgan fingerprint density at radius 2 is 1.95 bits per heavy atom. The summed E-state index contributed by atoms with van der Waals surface area (Å²) < 4.78 is 13.8. The van der Waals surface area contributed by atoms with Crippen molar-refractivity contribution in [1.29, 1.82) is 0 Å². The summed E-state index contributed by atoms with van der Waals surface area (Å²) in [6, 6.07) is 5.43. The fourth-order valence-corrected chi connectivity index (χ4v) is 2.19. The van der Waals surface area contributed by atoms with Crippen LogP contribution in [-0.2, 0) is 5.41 Å². The van der Waals surface area contributed by atoms with Crippen LogP contribution in [0.15, 0.2) is 18.2 Å². The van der Waals surface area contributed by atoms with Crippen molar-refractivity contribution in [3.8, 4) is 0 Å². The Labute approximate surface area is 120 Å². The van der Waals surface area contributed by atoms with E-state index in [9.17, 15) is 4.39 Å². The smallest absolute Gasteiger partial charge is 0.128 e. The molecule has 0 amide bonds. The van der Waals surface area contributed by atoms with Crippen molar-refractivity contribution < 1.29 is 4.39 Å². The number of nitrogens with one attached hydrogen (secondary N) is 1. The summed E-state index contributed by atoms with van der Waals surface area (Å²) in [5.74, 6) is -0.197. The van der Waals surface area contributed by atoms with Crippen LogP contribution in [-0.4, -0.2) is 11.5 Å². The van der Waals surface area contributed by atoms with Crippen molar-refractivity contribution in [2.75, 3.05) is 11.9 Å². The van der Waals surface area contributed by atoms with Crippen molar-refractivity contribution >= 4 is 16.6 Å². The van der Waals surface area contributed by atoms with Gasteiger partial charge in [0.1, 0.15) is 5.82 Å². The van der Waals surface area contributed by atoms with Crippen LogP contribution in [0.1, 0.15) is 45.4 Å². The monoisotopic (exact) mass is 274 g/mol. The highest BCUT2D eigenvalue weighted by atomic mass is 19.1. The highest BCUT2D eigenvalue weighted by Gasteiger charge is 2.19. The van der Waals surface area contributed by atoms with Crippen molar-refractivity contribution in [3.63, 3.8) is 0 Å². The Kier molecular flexibility index (Phi) is 3.98. The lowest BCUT2D eigenvalue weighted by Gasteiger charge is -2.21. The SMILES string of the molecule is CCCNc1cc(C(C)(C)C)nc2c(C)c(F)ccc12. The van der Waals surface area contributed by atoms with Crippen LogP contribution in [0.25, 0.3) is 10.9 Å². The largest absolute Gasteiger partial charge is 0.384 e. The number of benzene rings is 1. The molecular formula is C17H23FN2. The van der Waals surface area contributed by atoms with E-state index < -0.39 is 0 Å². The third kappa shape index (κ3) is 2.77. The molecule has 3 heteroatoms. The van der Waals surface area contributed by atoms with E-state index in [1.165, 1.54) is 6.07 Å². The second kappa shape index (κ2) is 5.39. The summed E-state index contributed by atoms with van der Waals surface area (Å²) in [7, 11) is 0. The molecule has 1 N–H and O–H groups in total. The second-order valence-corrected chi connectivity index (χ2v) is 6.30. The zero-order valence-corrected chi connectivity index (χ0v) is 13.0. The van der Waals surface area contributed by atoms with Gasteiger partial charge in [-0.05, 0) is 31.5 Å². The van der Waals surface area contributed by atoms with Gasteiger partial charge in [-0.1, -0.05) is 27.7 Å². The predicted molar refractivity (Wildman–Crippen MR) is 83.9 cm³/mol. The second-order valence-electron chi connectivity index (χ2n) is 6.30. The molecule has 1 heterocycles. The summed E-state index contributed by atoms with van der Waals surface area (Å²) in [4.78, 5) is 4.70. The van der Waals surface area contributed by atoms with Gasteiger partial charge < -0.3 is 5.32 Å². The zero-order valence-electron chi connectivity index (χ0n) is 13.0. The fourth-order valence-electron chi connectivity index (χ4n) is 2.19. The first-order valence-electron chi connectivity index (χ1n) is 7.18. The molecule has 0 fully saturated rings. The van der Waals surface area contributed by atoms with Gasteiger partial charge in [0.15, 0.2) is 0 Å². The lowest BCUT2D eigenvalue weighted by Crippen LogP contribution is -2.15. The maximum atomic E-state index is 13.8. The van der Waals surface area contributed by atoms with E-state index in [0.29, 0.717) is 5.56 Å². The third-order valence-corrected chi connectivity index (χ3v) is 3.50. The summed E-state index contributed by atoms with van der Waals surface area (Å²) in [5, 5.41) is 4.43. The molecule has 0 aliphatic carbocycles. The number of hydrogen-bond donors (Lipinski definition) is 1. The highest BCUT2D eigenvalue weighted by Crippen LogP contribution is 2.31. The Morgan fingerprint density at radius 1 is 1.25 bits per heavy atom. The van der Waals surface area contributed by atoms with Gasteiger partial charge in [0, 0.05) is 34.3 Å². The molecule has 0 unspecified atom stereocenters. The van der Waals surface area contributed by atoms with Crippen molar-refractivity contribution in [3.05, 3.63) is 35.3 Å². The van der Waals surface area contributed by atoms with Crippen LogP contribution in [0.4, 0.5) is 10.1 Å². The van der Waals surface area contributed by atoms with Gasteiger partial charge in [0.05, 0.1) is 5.52 Å². The van der Waals surface area contributed by atoms with Gasteiger partial charge in [-0.25, -0.2) is 4.39 Å². The van der Waals surface area contributed by atoms with Gasteiger partial charge >= 0.3 is 0 Å².